The lowest BCUT2D eigenvalue weighted by molar-refractivity contribution is 0.261. The molecule has 0 atom stereocenters. The van der Waals surface area contributed by atoms with Gasteiger partial charge < -0.3 is 10.2 Å². The summed E-state index contributed by atoms with van der Waals surface area (Å²) in [6, 6.07) is 0. The van der Waals surface area contributed by atoms with Gasteiger partial charge in [-0.1, -0.05) is 40.0 Å². The molecular weight excluding hydrogens is 208 g/mol. The highest BCUT2D eigenvalue weighted by atomic mass is 15.1. The highest BCUT2D eigenvalue weighted by molar-refractivity contribution is 4.59. The molecule has 0 radical (unpaired) electrons. The summed E-state index contributed by atoms with van der Waals surface area (Å²) < 4.78 is 0. The molecule has 0 fully saturated rings. The highest BCUT2D eigenvalue weighted by Crippen LogP contribution is 2.00. The quantitative estimate of drug-likeness (QED) is 0.496. The van der Waals surface area contributed by atoms with Gasteiger partial charge in [-0.15, -0.1) is 0 Å². The molecule has 0 aromatic carbocycles. The van der Waals surface area contributed by atoms with Gasteiger partial charge in [-0.25, -0.2) is 0 Å². The number of hydrogen-bond acceptors (Lipinski definition) is 2. The molecule has 1 N–H and O–H groups in total. The van der Waals surface area contributed by atoms with E-state index in [1.165, 1.54) is 77.7 Å². The summed E-state index contributed by atoms with van der Waals surface area (Å²) in [7, 11) is 0. The van der Waals surface area contributed by atoms with Crippen LogP contribution in [0.15, 0.2) is 0 Å². The zero-order valence-electron chi connectivity index (χ0n) is 12.4. The average molecular weight is 242 g/mol. The molecule has 0 aromatic rings. The fraction of sp³-hybridized carbons (Fsp3) is 1.00. The van der Waals surface area contributed by atoms with E-state index in [0.717, 1.165) is 0 Å². The second-order valence-corrected chi connectivity index (χ2v) is 5.01. The SMILES string of the molecule is CCCCNCCCN(CCCC)CCCC. The lowest BCUT2D eigenvalue weighted by atomic mass is 10.2. The largest absolute Gasteiger partial charge is 0.317 e. The molecule has 0 unspecified atom stereocenters. The topological polar surface area (TPSA) is 15.3 Å². The third-order valence-corrected chi connectivity index (χ3v) is 3.19. The Balaban J connectivity index is 3.45. The molecule has 0 spiro atoms. The summed E-state index contributed by atoms with van der Waals surface area (Å²) in [5, 5.41) is 3.53. The number of nitrogens with zero attached hydrogens (tertiary/aromatic N) is 1. The van der Waals surface area contributed by atoms with E-state index in [9.17, 15) is 0 Å². The van der Waals surface area contributed by atoms with Gasteiger partial charge in [-0.05, 0) is 58.4 Å². The second-order valence-electron chi connectivity index (χ2n) is 5.01. The van der Waals surface area contributed by atoms with Crippen LogP contribution in [0.5, 0.6) is 0 Å². The molecule has 2 nitrogen and oxygen atoms in total. The minimum absolute atomic E-state index is 1.19. The monoisotopic (exact) mass is 242 g/mol. The molecule has 0 saturated carbocycles. The van der Waals surface area contributed by atoms with Crippen molar-refractivity contribution in [2.75, 3.05) is 32.7 Å². The van der Waals surface area contributed by atoms with Gasteiger partial charge >= 0.3 is 0 Å². The Morgan fingerprint density at radius 3 is 1.65 bits per heavy atom. The van der Waals surface area contributed by atoms with E-state index in [1.807, 2.05) is 0 Å². The molecule has 17 heavy (non-hydrogen) atoms. The van der Waals surface area contributed by atoms with Crippen molar-refractivity contribution < 1.29 is 0 Å². The summed E-state index contributed by atoms with van der Waals surface area (Å²) in [4.78, 5) is 2.65. The Morgan fingerprint density at radius 1 is 0.647 bits per heavy atom. The van der Waals surface area contributed by atoms with Crippen LogP contribution in [0.3, 0.4) is 0 Å². The fourth-order valence-electron chi connectivity index (χ4n) is 1.95. The minimum atomic E-state index is 1.19. The van der Waals surface area contributed by atoms with E-state index in [-0.39, 0.29) is 0 Å². The zero-order valence-corrected chi connectivity index (χ0v) is 12.4. The van der Waals surface area contributed by atoms with Gasteiger partial charge in [0.2, 0.25) is 0 Å². The van der Waals surface area contributed by atoms with E-state index in [1.54, 1.807) is 0 Å². The van der Waals surface area contributed by atoms with Gasteiger partial charge in [0.05, 0.1) is 0 Å². The summed E-state index contributed by atoms with van der Waals surface area (Å²) in [6.45, 7) is 13.1. The van der Waals surface area contributed by atoms with Crippen LogP contribution in [-0.2, 0) is 0 Å². The normalized spacial score (nSPS) is 11.3. The lowest BCUT2D eigenvalue weighted by Crippen LogP contribution is -2.29. The lowest BCUT2D eigenvalue weighted by Gasteiger charge is -2.21. The molecule has 0 aromatic heterocycles. The average Bonchev–Trinajstić information content (AvgIpc) is 2.35. The van der Waals surface area contributed by atoms with E-state index in [2.05, 4.69) is 31.0 Å². The van der Waals surface area contributed by atoms with Crippen LogP contribution < -0.4 is 5.32 Å². The molecular formula is C15H34N2. The summed E-state index contributed by atoms with van der Waals surface area (Å²) in [5.74, 6) is 0. The van der Waals surface area contributed by atoms with Gasteiger partial charge in [-0.3, -0.25) is 0 Å². The van der Waals surface area contributed by atoms with Gasteiger partial charge in [-0.2, -0.15) is 0 Å². The molecule has 0 aliphatic carbocycles. The molecule has 0 amide bonds. The molecule has 0 bridgehead atoms. The first-order valence-electron chi connectivity index (χ1n) is 7.78. The van der Waals surface area contributed by atoms with Gasteiger partial charge in [0.25, 0.3) is 0 Å². The van der Waals surface area contributed by atoms with E-state index < -0.39 is 0 Å². The van der Waals surface area contributed by atoms with Crippen molar-refractivity contribution in [2.24, 2.45) is 0 Å². The maximum Gasteiger partial charge on any atom is -0.000664 e. The van der Waals surface area contributed by atoms with E-state index >= 15 is 0 Å². The molecule has 104 valence electrons. The van der Waals surface area contributed by atoms with Crippen LogP contribution in [-0.4, -0.2) is 37.6 Å². The highest BCUT2D eigenvalue weighted by Gasteiger charge is 2.02. The van der Waals surface area contributed by atoms with Crippen LogP contribution in [0.1, 0.15) is 65.7 Å². The maximum absolute atomic E-state index is 3.53. The summed E-state index contributed by atoms with van der Waals surface area (Å²) in [6.07, 6.45) is 9.26. The van der Waals surface area contributed by atoms with Crippen LogP contribution in [0.25, 0.3) is 0 Å². The Labute approximate surface area is 109 Å². The van der Waals surface area contributed by atoms with Crippen molar-refractivity contribution in [1.29, 1.82) is 0 Å². The first-order chi connectivity index (χ1) is 8.35. The standard InChI is InChI=1S/C15H34N2/c1-4-7-11-16-12-10-15-17(13-8-5-2)14-9-6-3/h16H,4-15H2,1-3H3. The van der Waals surface area contributed by atoms with E-state index in [0.29, 0.717) is 0 Å². The van der Waals surface area contributed by atoms with Crippen LogP contribution in [0.2, 0.25) is 0 Å². The molecule has 0 saturated heterocycles. The number of nitrogens with one attached hydrogen (secondary N) is 1. The first kappa shape index (κ1) is 16.9. The van der Waals surface area contributed by atoms with Crippen molar-refractivity contribution in [1.82, 2.24) is 10.2 Å². The zero-order chi connectivity index (χ0) is 12.8. The third-order valence-electron chi connectivity index (χ3n) is 3.19. The van der Waals surface area contributed by atoms with Crippen molar-refractivity contribution in [3.63, 3.8) is 0 Å². The Kier molecular flexibility index (Phi) is 13.9. The van der Waals surface area contributed by atoms with Crippen molar-refractivity contribution >= 4 is 0 Å². The van der Waals surface area contributed by atoms with Crippen molar-refractivity contribution in [3.05, 3.63) is 0 Å². The Hall–Kier alpha value is -0.0800. The van der Waals surface area contributed by atoms with Crippen LogP contribution in [0.4, 0.5) is 0 Å². The molecule has 0 rings (SSSR count). The molecule has 0 heterocycles. The van der Waals surface area contributed by atoms with Crippen molar-refractivity contribution in [2.45, 2.75) is 65.7 Å². The molecule has 0 aliphatic heterocycles. The Bertz CT molecular complexity index is 129. The summed E-state index contributed by atoms with van der Waals surface area (Å²) >= 11 is 0. The van der Waals surface area contributed by atoms with Gasteiger partial charge in [0.15, 0.2) is 0 Å². The second kappa shape index (κ2) is 14.0. The van der Waals surface area contributed by atoms with Crippen LogP contribution >= 0.6 is 0 Å². The van der Waals surface area contributed by atoms with Crippen molar-refractivity contribution in [3.8, 4) is 0 Å². The fourth-order valence-corrected chi connectivity index (χ4v) is 1.95. The Morgan fingerprint density at radius 2 is 1.12 bits per heavy atom. The van der Waals surface area contributed by atoms with Gasteiger partial charge in [0, 0.05) is 0 Å². The maximum atomic E-state index is 3.53. The van der Waals surface area contributed by atoms with Gasteiger partial charge in [0.1, 0.15) is 0 Å². The number of hydrogen-bond donors (Lipinski definition) is 1. The predicted octanol–water partition coefficient (Wildman–Crippen LogP) is 3.67. The van der Waals surface area contributed by atoms with Crippen LogP contribution in [0, 0.1) is 0 Å². The predicted molar refractivity (Wildman–Crippen MR) is 78.7 cm³/mol. The third kappa shape index (κ3) is 12.2. The molecule has 0 aliphatic rings. The van der Waals surface area contributed by atoms with E-state index in [4.69, 9.17) is 0 Å². The smallest absolute Gasteiger partial charge is 0.000664 e. The minimum Gasteiger partial charge on any atom is -0.317 e. The number of rotatable bonds is 13. The first-order valence-corrected chi connectivity index (χ1v) is 7.78. The number of unbranched alkanes of at least 4 members (excludes halogenated alkanes) is 3. The molecule has 2 heteroatoms. The summed E-state index contributed by atoms with van der Waals surface area (Å²) in [5.41, 5.74) is 0.